The molecule has 4 aromatic rings. The number of rotatable bonds is 10. The van der Waals surface area contributed by atoms with E-state index in [0.29, 0.717) is 23.4 Å². The standard InChI is InChI=1S/C30H26IN3O4S/c1-2-27(30(37)32-22-15-13-21(31)14-16-22)39-25-12-6-10-23(18-25)33-29(36)26(19-24-11-7-17-38-24)34-28(35)20-8-4-3-5-9-20/h3-19,27H,2H2,1H3,(H,32,37)(H,33,36)(H,34,35)/b26-19-. The van der Waals surface area contributed by atoms with Gasteiger partial charge < -0.3 is 20.4 Å². The van der Waals surface area contributed by atoms with Gasteiger partial charge in [-0.3, -0.25) is 14.4 Å². The van der Waals surface area contributed by atoms with Crippen molar-refractivity contribution in [3.63, 3.8) is 0 Å². The van der Waals surface area contributed by atoms with Crippen LogP contribution in [0.1, 0.15) is 29.5 Å². The van der Waals surface area contributed by atoms with E-state index in [-0.39, 0.29) is 16.9 Å². The molecule has 3 aromatic carbocycles. The number of anilines is 2. The Morgan fingerprint density at radius 1 is 0.897 bits per heavy atom. The molecule has 3 N–H and O–H groups in total. The highest BCUT2D eigenvalue weighted by molar-refractivity contribution is 14.1. The fraction of sp³-hybridized carbons (Fsp3) is 0.100. The molecule has 0 spiro atoms. The van der Waals surface area contributed by atoms with Gasteiger partial charge in [0.2, 0.25) is 5.91 Å². The van der Waals surface area contributed by atoms with Crippen LogP contribution in [0.2, 0.25) is 0 Å². The average molecular weight is 652 g/mol. The van der Waals surface area contributed by atoms with E-state index in [2.05, 4.69) is 38.5 Å². The van der Waals surface area contributed by atoms with Crippen LogP contribution < -0.4 is 16.0 Å². The summed E-state index contributed by atoms with van der Waals surface area (Å²) in [5, 5.41) is 8.16. The summed E-state index contributed by atoms with van der Waals surface area (Å²) in [7, 11) is 0. The summed E-state index contributed by atoms with van der Waals surface area (Å²) in [5.41, 5.74) is 1.72. The summed E-state index contributed by atoms with van der Waals surface area (Å²) in [6, 6.07) is 26.9. The minimum Gasteiger partial charge on any atom is -0.465 e. The van der Waals surface area contributed by atoms with E-state index in [1.807, 2.05) is 43.3 Å². The molecule has 0 radical (unpaired) electrons. The number of benzene rings is 3. The molecule has 4 rings (SSSR count). The van der Waals surface area contributed by atoms with Crippen molar-refractivity contribution < 1.29 is 18.8 Å². The zero-order valence-corrected chi connectivity index (χ0v) is 24.0. The van der Waals surface area contributed by atoms with Crippen molar-refractivity contribution in [3.8, 4) is 0 Å². The van der Waals surface area contributed by atoms with Gasteiger partial charge in [0.15, 0.2) is 0 Å². The van der Waals surface area contributed by atoms with Crippen molar-refractivity contribution in [2.24, 2.45) is 0 Å². The van der Waals surface area contributed by atoms with Gasteiger partial charge in [-0.05, 0) is 95.7 Å². The van der Waals surface area contributed by atoms with Gasteiger partial charge in [-0.2, -0.15) is 0 Å². The molecule has 0 saturated carbocycles. The van der Waals surface area contributed by atoms with Crippen LogP contribution in [0.25, 0.3) is 6.08 Å². The van der Waals surface area contributed by atoms with Crippen molar-refractivity contribution in [2.75, 3.05) is 10.6 Å². The third kappa shape index (κ3) is 8.33. The zero-order chi connectivity index (χ0) is 27.6. The highest BCUT2D eigenvalue weighted by Gasteiger charge is 2.19. The topological polar surface area (TPSA) is 100 Å². The van der Waals surface area contributed by atoms with Crippen LogP contribution >= 0.6 is 34.4 Å². The minimum absolute atomic E-state index is 0.0280. The maximum Gasteiger partial charge on any atom is 0.272 e. The van der Waals surface area contributed by atoms with E-state index in [4.69, 9.17) is 4.42 Å². The molecule has 0 aliphatic carbocycles. The Kier molecular flexibility index (Phi) is 9.98. The van der Waals surface area contributed by atoms with Gasteiger partial charge in [-0.1, -0.05) is 31.2 Å². The van der Waals surface area contributed by atoms with Crippen LogP contribution in [-0.4, -0.2) is 23.0 Å². The van der Waals surface area contributed by atoms with Crippen molar-refractivity contribution in [2.45, 2.75) is 23.5 Å². The van der Waals surface area contributed by atoms with Crippen molar-refractivity contribution in [1.29, 1.82) is 0 Å². The second kappa shape index (κ2) is 13.8. The zero-order valence-electron chi connectivity index (χ0n) is 21.0. The number of furan rings is 1. The number of hydrogen-bond acceptors (Lipinski definition) is 5. The van der Waals surface area contributed by atoms with E-state index < -0.39 is 11.8 Å². The largest absolute Gasteiger partial charge is 0.465 e. The lowest BCUT2D eigenvalue weighted by atomic mass is 10.2. The van der Waals surface area contributed by atoms with E-state index in [0.717, 1.165) is 14.2 Å². The molecule has 0 fully saturated rings. The maximum absolute atomic E-state index is 13.2. The van der Waals surface area contributed by atoms with Crippen LogP contribution in [0, 0.1) is 3.57 Å². The van der Waals surface area contributed by atoms with Gasteiger partial charge in [0.05, 0.1) is 11.5 Å². The molecule has 198 valence electrons. The summed E-state index contributed by atoms with van der Waals surface area (Å²) in [5.74, 6) is -0.604. The molecule has 39 heavy (non-hydrogen) atoms. The molecular formula is C30H26IN3O4S. The lowest BCUT2D eigenvalue weighted by Crippen LogP contribution is -2.30. The minimum atomic E-state index is -0.513. The molecule has 1 atom stereocenters. The number of halogens is 1. The summed E-state index contributed by atoms with van der Waals surface area (Å²) in [4.78, 5) is 39.7. The Balaban J connectivity index is 1.46. The van der Waals surface area contributed by atoms with Crippen molar-refractivity contribution >= 4 is 69.5 Å². The Hall–Kier alpha value is -3.83. The van der Waals surface area contributed by atoms with Crippen LogP contribution in [0.5, 0.6) is 0 Å². The Morgan fingerprint density at radius 2 is 1.67 bits per heavy atom. The molecule has 3 amide bonds. The SMILES string of the molecule is CCC(Sc1cccc(NC(=O)/C(=C/c2ccco2)NC(=O)c2ccccc2)c1)C(=O)Nc1ccc(I)cc1. The summed E-state index contributed by atoms with van der Waals surface area (Å²) >= 11 is 3.64. The molecule has 1 heterocycles. The third-order valence-electron chi connectivity index (χ3n) is 5.50. The fourth-order valence-corrected chi connectivity index (χ4v) is 4.92. The highest BCUT2D eigenvalue weighted by Crippen LogP contribution is 2.29. The Labute approximate surface area is 244 Å². The monoisotopic (exact) mass is 651 g/mol. The first-order valence-electron chi connectivity index (χ1n) is 12.2. The lowest BCUT2D eigenvalue weighted by molar-refractivity contribution is -0.116. The second-order valence-electron chi connectivity index (χ2n) is 8.39. The lowest BCUT2D eigenvalue weighted by Gasteiger charge is -2.16. The van der Waals surface area contributed by atoms with E-state index in [9.17, 15) is 14.4 Å². The van der Waals surface area contributed by atoms with Crippen LogP contribution in [0.3, 0.4) is 0 Å². The van der Waals surface area contributed by atoms with Gasteiger partial charge in [0, 0.05) is 31.5 Å². The molecule has 9 heteroatoms. The summed E-state index contributed by atoms with van der Waals surface area (Å²) in [6.07, 6.45) is 3.58. The smallest absolute Gasteiger partial charge is 0.272 e. The number of carbonyl (C=O) groups is 3. The molecule has 0 aliphatic rings. The van der Waals surface area contributed by atoms with Crippen molar-refractivity contribution in [3.05, 3.63) is 118 Å². The normalized spacial score (nSPS) is 11.9. The predicted molar refractivity (Wildman–Crippen MR) is 163 cm³/mol. The molecule has 0 saturated heterocycles. The number of nitrogens with one attached hydrogen (secondary N) is 3. The predicted octanol–water partition coefficient (Wildman–Crippen LogP) is 6.80. The first kappa shape index (κ1) is 28.2. The summed E-state index contributed by atoms with van der Waals surface area (Å²) in [6.45, 7) is 1.96. The number of hydrogen-bond donors (Lipinski definition) is 3. The van der Waals surface area contributed by atoms with Crippen LogP contribution in [0.4, 0.5) is 11.4 Å². The highest BCUT2D eigenvalue weighted by atomic mass is 127. The van der Waals surface area contributed by atoms with Gasteiger partial charge in [-0.15, -0.1) is 11.8 Å². The molecule has 0 bridgehead atoms. The van der Waals surface area contributed by atoms with E-state index in [1.54, 1.807) is 54.6 Å². The maximum atomic E-state index is 13.2. The first-order chi connectivity index (χ1) is 18.9. The van der Waals surface area contributed by atoms with E-state index in [1.165, 1.54) is 24.1 Å². The van der Waals surface area contributed by atoms with Crippen molar-refractivity contribution in [1.82, 2.24) is 5.32 Å². The van der Waals surface area contributed by atoms with Gasteiger partial charge in [0.1, 0.15) is 11.5 Å². The van der Waals surface area contributed by atoms with Crippen LogP contribution in [-0.2, 0) is 9.59 Å². The summed E-state index contributed by atoms with van der Waals surface area (Å²) < 4.78 is 6.44. The molecule has 1 aromatic heterocycles. The second-order valence-corrected chi connectivity index (χ2v) is 10.9. The van der Waals surface area contributed by atoms with E-state index >= 15 is 0 Å². The Morgan fingerprint density at radius 3 is 2.36 bits per heavy atom. The average Bonchev–Trinajstić information content (AvgIpc) is 3.46. The quantitative estimate of drug-likeness (QED) is 0.0995. The number of thioether (sulfide) groups is 1. The molecule has 0 aliphatic heterocycles. The van der Waals surface area contributed by atoms with Gasteiger partial charge in [-0.25, -0.2) is 0 Å². The molecular weight excluding hydrogens is 625 g/mol. The number of carbonyl (C=O) groups excluding carboxylic acids is 3. The van der Waals surface area contributed by atoms with Crippen LogP contribution in [0.15, 0.2) is 112 Å². The third-order valence-corrected chi connectivity index (χ3v) is 7.58. The van der Waals surface area contributed by atoms with Gasteiger partial charge in [0.25, 0.3) is 11.8 Å². The Bertz CT molecular complexity index is 1460. The fourth-order valence-electron chi connectivity index (χ4n) is 3.55. The number of amides is 3. The molecule has 7 nitrogen and oxygen atoms in total. The molecule has 1 unspecified atom stereocenters. The first-order valence-corrected chi connectivity index (χ1v) is 14.1. The van der Waals surface area contributed by atoms with Gasteiger partial charge >= 0.3 is 0 Å².